The van der Waals surface area contributed by atoms with Crippen molar-refractivity contribution in [2.45, 2.75) is 6.92 Å². The Morgan fingerprint density at radius 3 is 2.74 bits per heavy atom. The van der Waals surface area contributed by atoms with E-state index >= 15 is 0 Å². The predicted octanol–water partition coefficient (Wildman–Crippen LogP) is 1.88. The van der Waals surface area contributed by atoms with E-state index < -0.39 is 0 Å². The van der Waals surface area contributed by atoms with Gasteiger partial charge in [0.15, 0.2) is 0 Å². The van der Waals surface area contributed by atoms with Crippen molar-refractivity contribution in [3.63, 3.8) is 0 Å². The number of phenols is 1. The maximum absolute atomic E-state index is 12.0. The van der Waals surface area contributed by atoms with Crippen LogP contribution in [0.25, 0.3) is 10.8 Å². The number of nitrogens with one attached hydrogen (secondary N) is 2. The lowest BCUT2D eigenvalue weighted by Crippen LogP contribution is -2.31. The summed E-state index contributed by atoms with van der Waals surface area (Å²) < 4.78 is 0. The lowest BCUT2D eigenvalue weighted by atomic mass is 10.0. The second kappa shape index (κ2) is 6.20. The summed E-state index contributed by atoms with van der Waals surface area (Å²) in [6.07, 6.45) is 0. The molecule has 0 radical (unpaired) electrons. The fourth-order valence-electron chi connectivity index (χ4n) is 1.97. The molecule has 2 aromatic carbocycles. The summed E-state index contributed by atoms with van der Waals surface area (Å²) in [5, 5.41) is 17.7. The van der Waals surface area contributed by atoms with Crippen molar-refractivity contribution in [1.82, 2.24) is 10.6 Å². The van der Waals surface area contributed by atoms with E-state index in [4.69, 9.17) is 0 Å². The number of phenolic OH excluding ortho intramolecular Hbond substituents is 1. The zero-order valence-corrected chi connectivity index (χ0v) is 10.9. The molecule has 0 heterocycles. The normalized spacial score (nSPS) is 10.6. The van der Waals surface area contributed by atoms with Crippen LogP contribution in [0.5, 0.6) is 5.75 Å². The lowest BCUT2D eigenvalue weighted by molar-refractivity contribution is 0.0951. The van der Waals surface area contributed by atoms with Crippen molar-refractivity contribution < 1.29 is 9.90 Å². The fraction of sp³-hybridized carbons (Fsp3) is 0.267. The number of hydrogen-bond donors (Lipinski definition) is 3. The molecule has 0 fully saturated rings. The van der Waals surface area contributed by atoms with Crippen LogP contribution in [0.15, 0.2) is 36.4 Å². The predicted molar refractivity (Wildman–Crippen MR) is 76.5 cm³/mol. The number of aromatic hydroxyl groups is 1. The van der Waals surface area contributed by atoms with Crippen molar-refractivity contribution in [3.8, 4) is 5.75 Å². The highest BCUT2D eigenvalue weighted by molar-refractivity contribution is 6.03. The van der Waals surface area contributed by atoms with Crippen molar-refractivity contribution in [2.75, 3.05) is 19.6 Å². The van der Waals surface area contributed by atoms with Crippen LogP contribution >= 0.6 is 0 Å². The van der Waals surface area contributed by atoms with Crippen LogP contribution in [-0.2, 0) is 0 Å². The summed E-state index contributed by atoms with van der Waals surface area (Å²) in [6.45, 7) is 4.14. The highest BCUT2D eigenvalue weighted by Crippen LogP contribution is 2.28. The zero-order valence-electron chi connectivity index (χ0n) is 10.9. The Kier molecular flexibility index (Phi) is 4.36. The quantitative estimate of drug-likeness (QED) is 0.718. The van der Waals surface area contributed by atoms with Gasteiger partial charge in [0.05, 0.1) is 5.56 Å². The first-order chi connectivity index (χ1) is 9.24. The van der Waals surface area contributed by atoms with E-state index in [1.54, 1.807) is 12.1 Å². The van der Waals surface area contributed by atoms with E-state index in [0.29, 0.717) is 17.5 Å². The highest BCUT2D eigenvalue weighted by Gasteiger charge is 2.12. The second-order valence-corrected chi connectivity index (χ2v) is 4.29. The van der Waals surface area contributed by atoms with Gasteiger partial charge in [-0.25, -0.2) is 0 Å². The van der Waals surface area contributed by atoms with E-state index in [0.717, 1.165) is 18.5 Å². The summed E-state index contributed by atoms with van der Waals surface area (Å²) in [4.78, 5) is 12.0. The smallest absolute Gasteiger partial charge is 0.255 e. The molecule has 2 aromatic rings. The van der Waals surface area contributed by atoms with E-state index in [9.17, 15) is 9.90 Å². The number of likely N-dealkylation sites (N-methyl/N-ethyl adjacent to an activating group) is 1. The molecule has 19 heavy (non-hydrogen) atoms. The molecular formula is C15H18N2O2. The van der Waals surface area contributed by atoms with E-state index in [-0.39, 0.29) is 11.7 Å². The molecule has 0 saturated heterocycles. The lowest BCUT2D eigenvalue weighted by Gasteiger charge is -2.09. The third-order valence-corrected chi connectivity index (χ3v) is 2.98. The minimum Gasteiger partial charge on any atom is -0.506 e. The molecule has 0 unspecified atom stereocenters. The molecule has 0 bridgehead atoms. The Hall–Kier alpha value is -2.07. The SMILES string of the molecule is CCNCCNC(=O)c1ccc2ccccc2c1O. The number of benzene rings is 2. The summed E-state index contributed by atoms with van der Waals surface area (Å²) in [6, 6.07) is 10.9. The van der Waals surface area contributed by atoms with Crippen molar-refractivity contribution in [3.05, 3.63) is 42.0 Å². The fourth-order valence-corrected chi connectivity index (χ4v) is 1.97. The van der Waals surface area contributed by atoms with Gasteiger partial charge in [0.2, 0.25) is 0 Å². The molecule has 2 rings (SSSR count). The molecule has 4 heteroatoms. The Morgan fingerprint density at radius 2 is 1.95 bits per heavy atom. The number of fused-ring (bicyclic) bond motifs is 1. The zero-order chi connectivity index (χ0) is 13.7. The average Bonchev–Trinajstić information content (AvgIpc) is 2.44. The van der Waals surface area contributed by atoms with Gasteiger partial charge in [0.1, 0.15) is 5.75 Å². The summed E-state index contributed by atoms with van der Waals surface area (Å²) in [7, 11) is 0. The Labute approximate surface area is 112 Å². The maximum atomic E-state index is 12.0. The van der Waals surface area contributed by atoms with Crippen molar-refractivity contribution >= 4 is 16.7 Å². The van der Waals surface area contributed by atoms with Gasteiger partial charge in [-0.15, -0.1) is 0 Å². The van der Waals surface area contributed by atoms with Gasteiger partial charge in [-0.2, -0.15) is 0 Å². The molecule has 3 N–H and O–H groups in total. The number of hydrogen-bond acceptors (Lipinski definition) is 3. The van der Waals surface area contributed by atoms with Crippen LogP contribution in [0.3, 0.4) is 0 Å². The maximum Gasteiger partial charge on any atom is 0.255 e. The Balaban J connectivity index is 2.16. The third kappa shape index (κ3) is 3.03. The van der Waals surface area contributed by atoms with E-state index in [1.807, 2.05) is 31.2 Å². The van der Waals surface area contributed by atoms with Crippen LogP contribution in [-0.4, -0.2) is 30.6 Å². The molecule has 0 aliphatic rings. The van der Waals surface area contributed by atoms with Gasteiger partial charge in [-0.05, 0) is 18.0 Å². The van der Waals surface area contributed by atoms with Gasteiger partial charge >= 0.3 is 0 Å². The number of carbonyl (C=O) groups is 1. The summed E-state index contributed by atoms with van der Waals surface area (Å²) >= 11 is 0. The third-order valence-electron chi connectivity index (χ3n) is 2.98. The number of carbonyl (C=O) groups excluding carboxylic acids is 1. The molecule has 4 nitrogen and oxygen atoms in total. The van der Waals surface area contributed by atoms with Gasteiger partial charge in [-0.1, -0.05) is 37.3 Å². The van der Waals surface area contributed by atoms with Crippen molar-refractivity contribution in [2.24, 2.45) is 0 Å². The Bertz CT molecular complexity index is 581. The first-order valence-electron chi connectivity index (χ1n) is 6.43. The van der Waals surface area contributed by atoms with Crippen LogP contribution in [0.1, 0.15) is 17.3 Å². The van der Waals surface area contributed by atoms with Gasteiger partial charge in [0, 0.05) is 18.5 Å². The molecule has 0 aliphatic heterocycles. The monoisotopic (exact) mass is 258 g/mol. The van der Waals surface area contributed by atoms with Crippen LogP contribution < -0.4 is 10.6 Å². The molecule has 1 amide bonds. The highest BCUT2D eigenvalue weighted by atomic mass is 16.3. The van der Waals surface area contributed by atoms with E-state index in [1.165, 1.54) is 0 Å². The molecule has 0 spiro atoms. The molecular weight excluding hydrogens is 240 g/mol. The largest absolute Gasteiger partial charge is 0.506 e. The molecule has 0 saturated carbocycles. The summed E-state index contributed by atoms with van der Waals surface area (Å²) in [5.41, 5.74) is 0.315. The standard InChI is InChI=1S/C15H18N2O2/c1-2-16-9-10-17-15(19)13-8-7-11-5-3-4-6-12(11)14(13)18/h3-8,16,18H,2,9-10H2,1H3,(H,17,19). The molecule has 0 atom stereocenters. The molecule has 0 aromatic heterocycles. The van der Waals surface area contributed by atoms with Crippen LogP contribution in [0.4, 0.5) is 0 Å². The number of rotatable bonds is 5. The Morgan fingerprint density at radius 1 is 1.16 bits per heavy atom. The average molecular weight is 258 g/mol. The molecule has 100 valence electrons. The first kappa shape index (κ1) is 13.4. The minimum atomic E-state index is -0.249. The van der Waals surface area contributed by atoms with Gasteiger partial charge < -0.3 is 15.7 Å². The van der Waals surface area contributed by atoms with E-state index in [2.05, 4.69) is 10.6 Å². The van der Waals surface area contributed by atoms with Gasteiger partial charge in [0.25, 0.3) is 5.91 Å². The summed E-state index contributed by atoms with van der Waals surface area (Å²) in [5.74, 6) is -0.208. The van der Waals surface area contributed by atoms with Crippen LogP contribution in [0, 0.1) is 0 Å². The van der Waals surface area contributed by atoms with Crippen molar-refractivity contribution in [1.29, 1.82) is 0 Å². The minimum absolute atomic E-state index is 0.0408. The topological polar surface area (TPSA) is 61.4 Å². The second-order valence-electron chi connectivity index (χ2n) is 4.29. The van der Waals surface area contributed by atoms with Gasteiger partial charge in [-0.3, -0.25) is 4.79 Å². The first-order valence-corrected chi connectivity index (χ1v) is 6.43. The molecule has 0 aliphatic carbocycles. The van der Waals surface area contributed by atoms with Crippen LogP contribution in [0.2, 0.25) is 0 Å². The number of amides is 1.